The Bertz CT molecular complexity index is 882. The Balaban J connectivity index is 2.37. The quantitative estimate of drug-likeness (QED) is 0.779. The topological polar surface area (TPSA) is 97.7 Å². The first-order valence-electron chi connectivity index (χ1n) is 7.70. The van der Waals surface area contributed by atoms with Crippen LogP contribution in [0.25, 0.3) is 0 Å². The number of hydrogen-bond acceptors (Lipinski definition) is 7. The third kappa shape index (κ3) is 3.78. The second-order valence-corrected chi connectivity index (χ2v) is 6.13. The van der Waals surface area contributed by atoms with E-state index >= 15 is 0 Å². The third-order valence-electron chi connectivity index (χ3n) is 3.60. The molecule has 7 nitrogen and oxygen atoms in total. The minimum Gasteiger partial charge on any atom is -0.497 e. The predicted octanol–water partition coefficient (Wildman–Crippen LogP) is 3.37. The van der Waals surface area contributed by atoms with E-state index in [2.05, 4.69) is 5.32 Å². The van der Waals surface area contributed by atoms with Gasteiger partial charge in [-0.1, -0.05) is 0 Å². The molecule has 1 aromatic heterocycles. The lowest BCUT2D eigenvalue weighted by Gasteiger charge is -2.10. The van der Waals surface area contributed by atoms with Gasteiger partial charge in [-0.3, -0.25) is 4.79 Å². The van der Waals surface area contributed by atoms with Gasteiger partial charge in [0.15, 0.2) is 0 Å². The number of carbonyl (C=O) groups excluding carboxylic acids is 2. The van der Waals surface area contributed by atoms with E-state index in [1.165, 1.54) is 14.2 Å². The van der Waals surface area contributed by atoms with Gasteiger partial charge < -0.3 is 19.5 Å². The Kier molecular flexibility index (Phi) is 6.20. The first-order valence-corrected chi connectivity index (χ1v) is 8.52. The molecule has 0 spiro atoms. The number of amides is 1. The maximum Gasteiger partial charge on any atom is 0.348 e. The van der Waals surface area contributed by atoms with Crippen molar-refractivity contribution < 1.29 is 23.8 Å². The van der Waals surface area contributed by atoms with Crippen molar-refractivity contribution in [2.45, 2.75) is 13.8 Å². The van der Waals surface area contributed by atoms with Crippen LogP contribution in [0.5, 0.6) is 11.5 Å². The predicted molar refractivity (Wildman–Crippen MR) is 97.2 cm³/mol. The van der Waals surface area contributed by atoms with Gasteiger partial charge in [-0.25, -0.2) is 4.79 Å². The molecular formula is C18H18N2O5S. The summed E-state index contributed by atoms with van der Waals surface area (Å²) in [5.41, 5.74) is 0.993. The number of ether oxygens (including phenoxy) is 3. The molecule has 0 radical (unpaired) electrons. The van der Waals surface area contributed by atoms with Crippen LogP contribution in [0, 0.1) is 18.3 Å². The fourth-order valence-corrected chi connectivity index (χ4v) is 3.33. The smallest absolute Gasteiger partial charge is 0.348 e. The molecule has 2 rings (SSSR count). The molecule has 0 aliphatic heterocycles. The second-order valence-electron chi connectivity index (χ2n) is 5.11. The van der Waals surface area contributed by atoms with Crippen molar-refractivity contribution in [3.63, 3.8) is 0 Å². The van der Waals surface area contributed by atoms with Gasteiger partial charge in [-0.2, -0.15) is 5.26 Å². The molecule has 1 amide bonds. The summed E-state index contributed by atoms with van der Waals surface area (Å²) in [5, 5.41) is 12.4. The van der Waals surface area contributed by atoms with E-state index in [4.69, 9.17) is 14.2 Å². The summed E-state index contributed by atoms with van der Waals surface area (Å²) in [7, 11) is 2.96. The lowest BCUT2D eigenvalue weighted by atomic mass is 10.1. The average Bonchev–Trinajstić information content (AvgIpc) is 2.96. The molecule has 1 heterocycles. The Morgan fingerprint density at radius 2 is 2.00 bits per heavy atom. The van der Waals surface area contributed by atoms with E-state index < -0.39 is 11.9 Å². The number of nitriles is 1. The van der Waals surface area contributed by atoms with Gasteiger partial charge in [-0.05, 0) is 31.5 Å². The van der Waals surface area contributed by atoms with Crippen molar-refractivity contribution in [1.82, 2.24) is 0 Å². The number of benzene rings is 1. The summed E-state index contributed by atoms with van der Waals surface area (Å²) in [4.78, 5) is 24.9. The zero-order chi connectivity index (χ0) is 19.3. The van der Waals surface area contributed by atoms with Crippen LogP contribution in [0.4, 0.5) is 5.00 Å². The van der Waals surface area contributed by atoms with Crippen LogP contribution in [0.3, 0.4) is 0 Å². The average molecular weight is 374 g/mol. The molecule has 1 N–H and O–H groups in total. The van der Waals surface area contributed by atoms with Crippen molar-refractivity contribution >= 4 is 28.2 Å². The number of methoxy groups -OCH3 is 2. The summed E-state index contributed by atoms with van der Waals surface area (Å²) in [6.07, 6.45) is 0. The molecule has 0 bridgehead atoms. The molecular weight excluding hydrogens is 356 g/mol. The Hall–Kier alpha value is -3.05. The molecule has 136 valence electrons. The fourth-order valence-electron chi connectivity index (χ4n) is 2.28. The Morgan fingerprint density at radius 1 is 1.27 bits per heavy atom. The lowest BCUT2D eigenvalue weighted by molar-refractivity contribution is 0.0531. The Morgan fingerprint density at radius 3 is 2.58 bits per heavy atom. The molecule has 0 atom stereocenters. The molecule has 0 unspecified atom stereocenters. The van der Waals surface area contributed by atoms with Crippen LogP contribution in [0.1, 0.15) is 38.1 Å². The van der Waals surface area contributed by atoms with Crippen LogP contribution in [0.2, 0.25) is 0 Å². The first kappa shape index (κ1) is 19.3. The van der Waals surface area contributed by atoms with E-state index in [9.17, 15) is 14.9 Å². The number of carbonyl (C=O) groups is 2. The fraction of sp³-hybridized carbons (Fsp3) is 0.278. The number of anilines is 1. The number of hydrogen-bond donors (Lipinski definition) is 1. The van der Waals surface area contributed by atoms with Crippen LogP contribution in [0.15, 0.2) is 18.2 Å². The summed E-state index contributed by atoms with van der Waals surface area (Å²) in [5.74, 6) is -0.0985. The second kappa shape index (κ2) is 8.36. The van der Waals surface area contributed by atoms with Crippen molar-refractivity contribution in [3.05, 3.63) is 39.8 Å². The van der Waals surface area contributed by atoms with E-state index in [1.807, 2.05) is 6.07 Å². The molecule has 8 heteroatoms. The van der Waals surface area contributed by atoms with Crippen molar-refractivity contribution in [2.75, 3.05) is 26.1 Å². The largest absolute Gasteiger partial charge is 0.497 e. The maximum absolute atomic E-state index is 12.6. The number of thiophene rings is 1. The first-order chi connectivity index (χ1) is 12.5. The van der Waals surface area contributed by atoms with Gasteiger partial charge in [0.05, 0.1) is 32.0 Å². The van der Waals surface area contributed by atoms with Crippen LogP contribution < -0.4 is 14.8 Å². The van der Waals surface area contributed by atoms with E-state index in [-0.39, 0.29) is 22.7 Å². The van der Waals surface area contributed by atoms with Gasteiger partial charge in [-0.15, -0.1) is 11.3 Å². The van der Waals surface area contributed by atoms with Crippen LogP contribution in [-0.2, 0) is 4.74 Å². The normalized spacial score (nSPS) is 9.96. The van der Waals surface area contributed by atoms with Crippen molar-refractivity contribution in [2.24, 2.45) is 0 Å². The van der Waals surface area contributed by atoms with Crippen molar-refractivity contribution in [3.8, 4) is 17.6 Å². The number of nitrogens with zero attached hydrogens (tertiary/aromatic N) is 1. The zero-order valence-electron chi connectivity index (χ0n) is 14.8. The van der Waals surface area contributed by atoms with Crippen LogP contribution in [-0.4, -0.2) is 32.7 Å². The number of rotatable bonds is 6. The zero-order valence-corrected chi connectivity index (χ0v) is 15.7. The summed E-state index contributed by atoms with van der Waals surface area (Å²) in [6, 6.07) is 6.80. The standard InChI is InChI=1S/C18H18N2O5S/c1-5-25-18(22)15-10(2)13(9-19)17(26-15)20-16(21)12-7-6-11(23-3)8-14(12)24-4/h6-8H,5H2,1-4H3,(H,20,21). The van der Waals surface area contributed by atoms with Crippen LogP contribution >= 0.6 is 11.3 Å². The molecule has 1 aromatic carbocycles. The van der Waals surface area contributed by atoms with E-state index in [0.29, 0.717) is 21.9 Å². The maximum atomic E-state index is 12.6. The Labute approximate surface area is 155 Å². The van der Waals surface area contributed by atoms with E-state index in [1.54, 1.807) is 32.0 Å². The van der Waals surface area contributed by atoms with Gasteiger partial charge >= 0.3 is 5.97 Å². The highest BCUT2D eigenvalue weighted by atomic mass is 32.1. The van der Waals surface area contributed by atoms with Crippen molar-refractivity contribution in [1.29, 1.82) is 5.26 Å². The SMILES string of the molecule is CCOC(=O)c1sc(NC(=O)c2ccc(OC)cc2OC)c(C#N)c1C. The summed E-state index contributed by atoms with van der Waals surface area (Å²) < 4.78 is 15.3. The van der Waals surface area contributed by atoms with Gasteiger partial charge in [0, 0.05) is 6.07 Å². The monoisotopic (exact) mass is 374 g/mol. The minimum atomic E-state index is -0.519. The molecule has 0 saturated carbocycles. The lowest BCUT2D eigenvalue weighted by Crippen LogP contribution is -2.13. The molecule has 0 aliphatic carbocycles. The summed E-state index contributed by atoms with van der Waals surface area (Å²) >= 11 is 1.01. The highest BCUT2D eigenvalue weighted by Gasteiger charge is 2.23. The molecule has 26 heavy (non-hydrogen) atoms. The van der Waals surface area contributed by atoms with Gasteiger partial charge in [0.25, 0.3) is 5.91 Å². The minimum absolute atomic E-state index is 0.225. The molecule has 0 aliphatic rings. The summed E-state index contributed by atoms with van der Waals surface area (Å²) in [6.45, 7) is 3.57. The number of esters is 1. The van der Waals surface area contributed by atoms with Gasteiger partial charge in [0.2, 0.25) is 0 Å². The molecule has 0 fully saturated rings. The highest BCUT2D eigenvalue weighted by Crippen LogP contribution is 2.34. The third-order valence-corrected chi connectivity index (χ3v) is 4.79. The number of nitrogens with one attached hydrogen (secondary N) is 1. The highest BCUT2D eigenvalue weighted by molar-refractivity contribution is 7.18. The van der Waals surface area contributed by atoms with E-state index in [0.717, 1.165) is 11.3 Å². The van der Waals surface area contributed by atoms with Gasteiger partial charge in [0.1, 0.15) is 27.4 Å². The molecule has 0 saturated heterocycles. The molecule has 2 aromatic rings.